The van der Waals surface area contributed by atoms with Gasteiger partial charge in [-0.05, 0) is 54.5 Å². The molecule has 4 rings (SSSR count). The summed E-state index contributed by atoms with van der Waals surface area (Å²) >= 11 is 0. The van der Waals surface area contributed by atoms with Crippen molar-refractivity contribution in [3.05, 3.63) is 58.0 Å². The molecule has 2 heterocycles. The van der Waals surface area contributed by atoms with Crippen molar-refractivity contribution >= 4 is 19.1 Å². The number of phenols is 2. The zero-order valence-corrected chi connectivity index (χ0v) is 27.5. The first-order valence-electron chi connectivity index (χ1n) is 15.9. The lowest BCUT2D eigenvalue weighted by atomic mass is 9.75. The van der Waals surface area contributed by atoms with Crippen LogP contribution in [0, 0.1) is 5.92 Å². The molecule has 0 radical (unpaired) electrons. The second-order valence-electron chi connectivity index (χ2n) is 12.8. The molecule has 6 N–H and O–H groups in total. The predicted octanol–water partition coefficient (Wildman–Crippen LogP) is 2.34. The molecule has 254 valence electrons. The van der Waals surface area contributed by atoms with Crippen LogP contribution in [0.2, 0.25) is 0 Å². The summed E-state index contributed by atoms with van der Waals surface area (Å²) < 4.78 is 6.86. The van der Waals surface area contributed by atoms with Gasteiger partial charge in [0, 0.05) is 38.8 Å². The van der Waals surface area contributed by atoms with E-state index in [4.69, 9.17) is 4.74 Å². The van der Waals surface area contributed by atoms with Crippen LogP contribution in [-0.2, 0) is 16.1 Å². The third-order valence-electron chi connectivity index (χ3n) is 8.12. The molecular formula is C32H45BN6O8. The molecule has 2 amide bonds. The monoisotopic (exact) mass is 652 g/mol. The number of benzene rings is 2. The van der Waals surface area contributed by atoms with Crippen molar-refractivity contribution in [2.45, 2.75) is 72.0 Å². The van der Waals surface area contributed by atoms with Crippen LogP contribution in [0.15, 0.2) is 41.2 Å². The zero-order chi connectivity index (χ0) is 34.4. The Bertz CT molecular complexity index is 1580. The quantitative estimate of drug-likeness (QED) is 0.158. The van der Waals surface area contributed by atoms with E-state index in [2.05, 4.69) is 20.4 Å². The topological polar surface area (TPSA) is 193 Å². The maximum absolute atomic E-state index is 12.7. The number of aromatic amines is 1. The number of hydrogen-bond acceptors (Lipinski definition) is 10. The van der Waals surface area contributed by atoms with Gasteiger partial charge in [0.25, 0.3) is 0 Å². The first kappa shape index (κ1) is 35.5. The van der Waals surface area contributed by atoms with E-state index in [0.29, 0.717) is 56.0 Å². The molecule has 0 bridgehead atoms. The number of nitrogens with zero attached hydrogens (tertiary/aromatic N) is 4. The van der Waals surface area contributed by atoms with Gasteiger partial charge < -0.3 is 35.2 Å². The lowest BCUT2D eigenvalue weighted by Crippen LogP contribution is -2.49. The molecule has 2 unspecified atom stereocenters. The van der Waals surface area contributed by atoms with Gasteiger partial charge in [-0.3, -0.25) is 9.69 Å². The van der Waals surface area contributed by atoms with Gasteiger partial charge in [-0.2, -0.15) is 5.10 Å². The van der Waals surface area contributed by atoms with E-state index in [0.717, 1.165) is 5.56 Å². The molecule has 1 aliphatic heterocycles. The van der Waals surface area contributed by atoms with Crippen molar-refractivity contribution < 1.29 is 34.6 Å². The SMILES string of the molecule is CC(C)CC(NC(=O)CC(C)OC(=O)N1CCN(Cc2ccc(-n3c(-c4cc(C(C)C)c(O)cc4O)n[nH]c3=O)cc2)CC1)B(O)O. The number of ether oxygens (including phenoxy) is 1. The Hall–Kier alpha value is -4.34. The Morgan fingerprint density at radius 1 is 1.00 bits per heavy atom. The van der Waals surface area contributed by atoms with Gasteiger partial charge in [-0.1, -0.05) is 39.8 Å². The van der Waals surface area contributed by atoms with Crippen LogP contribution in [0.3, 0.4) is 0 Å². The largest absolute Gasteiger partial charge is 0.508 e. The van der Waals surface area contributed by atoms with Gasteiger partial charge in [-0.15, -0.1) is 0 Å². The van der Waals surface area contributed by atoms with Crippen molar-refractivity contribution in [3.8, 4) is 28.6 Å². The second-order valence-corrected chi connectivity index (χ2v) is 12.8. The Labute approximate surface area is 274 Å². The Balaban J connectivity index is 1.31. The average molecular weight is 653 g/mol. The van der Waals surface area contributed by atoms with Crippen molar-refractivity contribution in [1.82, 2.24) is 29.9 Å². The first-order chi connectivity index (χ1) is 22.2. The highest BCUT2D eigenvalue weighted by atomic mass is 16.6. The van der Waals surface area contributed by atoms with Gasteiger partial charge in [-0.25, -0.2) is 19.3 Å². The summed E-state index contributed by atoms with van der Waals surface area (Å²) in [4.78, 5) is 41.7. The molecule has 1 saturated heterocycles. The van der Waals surface area contributed by atoms with E-state index in [-0.39, 0.29) is 35.6 Å². The van der Waals surface area contributed by atoms with Gasteiger partial charge >= 0.3 is 18.9 Å². The van der Waals surface area contributed by atoms with Crippen LogP contribution < -0.4 is 11.0 Å². The number of piperazine rings is 1. The lowest BCUT2D eigenvalue weighted by molar-refractivity contribution is -0.123. The first-order valence-corrected chi connectivity index (χ1v) is 15.9. The molecule has 2 atom stereocenters. The van der Waals surface area contributed by atoms with E-state index in [1.54, 1.807) is 30.0 Å². The number of nitrogens with one attached hydrogen (secondary N) is 2. The highest BCUT2D eigenvalue weighted by Gasteiger charge is 2.28. The zero-order valence-electron chi connectivity index (χ0n) is 27.5. The van der Waals surface area contributed by atoms with Crippen molar-refractivity contribution in [2.24, 2.45) is 5.92 Å². The summed E-state index contributed by atoms with van der Waals surface area (Å²) in [5.74, 6) is -1.08. The summed E-state index contributed by atoms with van der Waals surface area (Å²) in [6.45, 7) is 12.0. The molecule has 0 saturated carbocycles. The van der Waals surface area contributed by atoms with E-state index in [1.165, 1.54) is 10.6 Å². The van der Waals surface area contributed by atoms with Crippen molar-refractivity contribution in [3.63, 3.8) is 0 Å². The molecule has 2 aromatic carbocycles. The highest BCUT2D eigenvalue weighted by molar-refractivity contribution is 6.43. The fourth-order valence-electron chi connectivity index (χ4n) is 5.63. The molecule has 14 nitrogen and oxygen atoms in total. The smallest absolute Gasteiger partial charge is 0.475 e. The number of aromatic hydroxyl groups is 2. The van der Waals surface area contributed by atoms with Crippen LogP contribution in [0.4, 0.5) is 4.79 Å². The van der Waals surface area contributed by atoms with Crippen LogP contribution >= 0.6 is 0 Å². The van der Waals surface area contributed by atoms with Gasteiger partial charge in [0.1, 0.15) is 17.6 Å². The number of amides is 2. The van der Waals surface area contributed by atoms with Gasteiger partial charge in [0.05, 0.1) is 23.6 Å². The number of carbonyl (C=O) groups is 2. The number of phenolic OH excluding ortho intramolecular Hbond substituents is 2. The summed E-state index contributed by atoms with van der Waals surface area (Å²) in [6, 6.07) is 10.3. The van der Waals surface area contributed by atoms with Gasteiger partial charge in [0.15, 0.2) is 5.82 Å². The number of hydrogen-bond donors (Lipinski definition) is 6. The third kappa shape index (κ3) is 9.14. The standard InChI is InChI=1S/C32H45BN6O8/c1-19(2)14-28(33(45)46)34-29(42)15-21(5)47-32(44)38-12-10-37(11-13-38)18-22-6-8-23(9-7-22)39-30(35-36-31(39)43)25-16-24(20(3)4)26(40)17-27(25)41/h6-9,16-17,19-21,28,40-41,45-46H,10-15,18H2,1-5H3,(H,34,42)(H,36,43). The van der Waals surface area contributed by atoms with E-state index in [1.807, 2.05) is 39.8 Å². The summed E-state index contributed by atoms with van der Waals surface area (Å²) in [5.41, 5.74) is 2.03. The molecule has 1 aromatic heterocycles. The Morgan fingerprint density at radius 2 is 1.66 bits per heavy atom. The number of H-pyrrole nitrogens is 1. The van der Waals surface area contributed by atoms with Crippen molar-refractivity contribution in [2.75, 3.05) is 26.2 Å². The fourth-order valence-corrected chi connectivity index (χ4v) is 5.63. The molecule has 47 heavy (non-hydrogen) atoms. The summed E-state index contributed by atoms with van der Waals surface area (Å²) in [6.07, 6.45) is -0.877. The molecular weight excluding hydrogens is 607 g/mol. The third-order valence-corrected chi connectivity index (χ3v) is 8.12. The number of aromatic nitrogens is 3. The number of carbonyl (C=O) groups excluding carboxylic acids is 2. The van der Waals surface area contributed by atoms with E-state index < -0.39 is 36.9 Å². The molecule has 15 heteroatoms. The fraction of sp³-hybridized carbons (Fsp3) is 0.500. The van der Waals surface area contributed by atoms with E-state index >= 15 is 0 Å². The Kier molecular flexibility index (Phi) is 11.7. The van der Waals surface area contributed by atoms with Gasteiger partial charge in [0.2, 0.25) is 5.91 Å². The normalized spacial score (nSPS) is 15.1. The minimum atomic E-state index is -1.67. The van der Waals surface area contributed by atoms with Crippen LogP contribution in [-0.4, -0.2) is 102 Å². The van der Waals surface area contributed by atoms with Crippen LogP contribution in [0.5, 0.6) is 11.5 Å². The summed E-state index contributed by atoms with van der Waals surface area (Å²) in [5, 5.41) is 49.1. The average Bonchev–Trinajstić information content (AvgIpc) is 3.37. The molecule has 0 spiro atoms. The lowest BCUT2D eigenvalue weighted by Gasteiger charge is -2.34. The maximum atomic E-state index is 12.7. The predicted molar refractivity (Wildman–Crippen MR) is 176 cm³/mol. The van der Waals surface area contributed by atoms with Crippen molar-refractivity contribution in [1.29, 1.82) is 0 Å². The maximum Gasteiger partial charge on any atom is 0.475 e. The molecule has 1 fully saturated rings. The number of rotatable bonds is 12. The Morgan fingerprint density at radius 3 is 2.26 bits per heavy atom. The molecule has 0 aliphatic carbocycles. The van der Waals surface area contributed by atoms with E-state index in [9.17, 15) is 34.6 Å². The molecule has 3 aromatic rings. The van der Waals surface area contributed by atoms with Crippen LogP contribution in [0.1, 0.15) is 64.5 Å². The highest BCUT2D eigenvalue weighted by Crippen LogP contribution is 2.37. The minimum Gasteiger partial charge on any atom is -0.508 e. The van der Waals surface area contributed by atoms with Crippen LogP contribution in [0.25, 0.3) is 17.1 Å². The molecule has 1 aliphatic rings. The second kappa shape index (κ2) is 15.5. The summed E-state index contributed by atoms with van der Waals surface area (Å²) in [7, 11) is -1.67. The minimum absolute atomic E-state index is 0.0146.